The minimum absolute atomic E-state index is 0.293. The number of hydrogen-bond acceptors (Lipinski definition) is 4. The Kier molecular flexibility index (Phi) is 3.57. The van der Waals surface area contributed by atoms with Crippen molar-refractivity contribution in [2.24, 2.45) is 0 Å². The van der Waals surface area contributed by atoms with E-state index in [1.54, 1.807) is 0 Å². The van der Waals surface area contributed by atoms with Gasteiger partial charge in [-0.15, -0.1) is 0 Å². The van der Waals surface area contributed by atoms with Gasteiger partial charge in [0.05, 0.1) is 5.39 Å². The highest BCUT2D eigenvalue weighted by Crippen LogP contribution is 2.37. The van der Waals surface area contributed by atoms with Crippen LogP contribution >= 0.6 is 0 Å². The quantitative estimate of drug-likeness (QED) is 0.523. The third-order valence-corrected chi connectivity index (χ3v) is 5.13. The van der Waals surface area contributed by atoms with Crippen molar-refractivity contribution in [3.8, 4) is 5.75 Å². The summed E-state index contributed by atoms with van der Waals surface area (Å²) in [6, 6.07) is 10.2. The molecule has 1 atom stereocenters. The first-order chi connectivity index (χ1) is 11.6. The van der Waals surface area contributed by atoms with Gasteiger partial charge in [0.1, 0.15) is 18.1 Å². The molecule has 1 aliphatic rings. The first-order valence-corrected chi connectivity index (χ1v) is 8.45. The standard InChI is InChI=1S/C20H21NO3/c1-4-12(2)21-10-14-9-17-15-7-5-6-8-16(15)20(22)24-19(17)13(3)18(14)23-11-21/h5-9,12H,4,10-11H2,1-3H3/t12-/m1/s1. The molecule has 2 aromatic carbocycles. The van der Waals surface area contributed by atoms with Gasteiger partial charge in [-0.3, -0.25) is 4.90 Å². The zero-order chi connectivity index (χ0) is 16.8. The number of ether oxygens (including phenoxy) is 1. The van der Waals surface area contributed by atoms with E-state index < -0.39 is 0 Å². The minimum atomic E-state index is -0.293. The molecule has 0 saturated heterocycles. The molecule has 4 rings (SSSR count). The Balaban J connectivity index is 1.98. The molecule has 0 radical (unpaired) electrons. The van der Waals surface area contributed by atoms with Crippen molar-refractivity contribution in [2.75, 3.05) is 6.73 Å². The molecule has 0 unspecified atom stereocenters. The molecular weight excluding hydrogens is 302 g/mol. The lowest BCUT2D eigenvalue weighted by Crippen LogP contribution is -2.38. The maximum Gasteiger partial charge on any atom is 0.344 e. The van der Waals surface area contributed by atoms with Crippen molar-refractivity contribution in [2.45, 2.75) is 39.8 Å². The molecule has 24 heavy (non-hydrogen) atoms. The molecule has 124 valence electrons. The van der Waals surface area contributed by atoms with Crippen LogP contribution in [0.5, 0.6) is 5.75 Å². The summed E-state index contributed by atoms with van der Waals surface area (Å²) >= 11 is 0. The lowest BCUT2D eigenvalue weighted by atomic mass is 9.99. The number of aryl methyl sites for hydroxylation is 1. The lowest BCUT2D eigenvalue weighted by molar-refractivity contribution is 0.0602. The molecule has 1 aromatic heterocycles. The number of hydrogen-bond donors (Lipinski definition) is 0. The molecule has 0 spiro atoms. The molecule has 4 heteroatoms. The van der Waals surface area contributed by atoms with Crippen molar-refractivity contribution < 1.29 is 9.15 Å². The summed E-state index contributed by atoms with van der Waals surface area (Å²) in [7, 11) is 0. The van der Waals surface area contributed by atoms with Gasteiger partial charge in [0, 0.05) is 29.1 Å². The molecule has 0 bridgehead atoms. The topological polar surface area (TPSA) is 42.7 Å². The van der Waals surface area contributed by atoms with E-state index in [2.05, 4.69) is 24.8 Å². The SMILES string of the molecule is CC[C@@H](C)N1COc2c(cc3c(oc(=O)c4ccccc43)c2C)C1. The Labute approximate surface area is 140 Å². The van der Waals surface area contributed by atoms with Gasteiger partial charge in [-0.1, -0.05) is 25.1 Å². The first-order valence-electron chi connectivity index (χ1n) is 8.45. The largest absolute Gasteiger partial charge is 0.477 e. The zero-order valence-corrected chi connectivity index (χ0v) is 14.3. The fraction of sp³-hybridized carbons (Fsp3) is 0.350. The fourth-order valence-corrected chi connectivity index (χ4v) is 3.50. The molecule has 0 N–H and O–H groups in total. The second kappa shape index (κ2) is 5.64. The van der Waals surface area contributed by atoms with Gasteiger partial charge in [-0.25, -0.2) is 4.79 Å². The summed E-state index contributed by atoms with van der Waals surface area (Å²) in [4.78, 5) is 14.6. The predicted octanol–water partition coefficient (Wildman–Crippen LogP) is 4.21. The number of nitrogens with zero attached hydrogens (tertiary/aromatic N) is 1. The van der Waals surface area contributed by atoms with Crippen molar-refractivity contribution in [1.82, 2.24) is 4.90 Å². The molecule has 4 nitrogen and oxygen atoms in total. The smallest absolute Gasteiger partial charge is 0.344 e. The van der Waals surface area contributed by atoms with Gasteiger partial charge in [0.2, 0.25) is 0 Å². The molecule has 3 aromatic rings. The molecule has 0 fully saturated rings. The molecular formula is C20H21NO3. The highest BCUT2D eigenvalue weighted by molar-refractivity contribution is 6.06. The molecule has 0 aliphatic carbocycles. The zero-order valence-electron chi connectivity index (χ0n) is 14.3. The lowest BCUT2D eigenvalue weighted by Gasteiger charge is -2.34. The maximum absolute atomic E-state index is 12.3. The second-order valence-corrected chi connectivity index (χ2v) is 6.58. The normalized spacial score (nSPS) is 16.1. The van der Waals surface area contributed by atoms with E-state index in [4.69, 9.17) is 9.15 Å². The van der Waals surface area contributed by atoms with E-state index in [1.807, 2.05) is 31.2 Å². The Hall–Kier alpha value is -2.33. The Morgan fingerprint density at radius 2 is 1.96 bits per heavy atom. The Bertz CT molecular complexity index is 989. The van der Waals surface area contributed by atoms with Gasteiger partial charge in [0.25, 0.3) is 0 Å². The number of rotatable bonds is 2. The monoisotopic (exact) mass is 323 g/mol. The first kappa shape index (κ1) is 15.2. The van der Waals surface area contributed by atoms with E-state index in [-0.39, 0.29) is 5.63 Å². The summed E-state index contributed by atoms with van der Waals surface area (Å²) < 4.78 is 11.6. The van der Waals surface area contributed by atoms with Crippen molar-refractivity contribution in [3.05, 3.63) is 51.9 Å². The number of benzene rings is 2. The van der Waals surface area contributed by atoms with E-state index in [0.717, 1.165) is 40.6 Å². The Morgan fingerprint density at radius 1 is 1.21 bits per heavy atom. The second-order valence-electron chi connectivity index (χ2n) is 6.58. The average molecular weight is 323 g/mol. The summed E-state index contributed by atoms with van der Waals surface area (Å²) in [5.74, 6) is 0.862. The fourth-order valence-electron chi connectivity index (χ4n) is 3.50. The van der Waals surface area contributed by atoms with Crippen LogP contribution < -0.4 is 10.4 Å². The third-order valence-electron chi connectivity index (χ3n) is 5.13. The average Bonchev–Trinajstić information content (AvgIpc) is 2.62. The predicted molar refractivity (Wildman–Crippen MR) is 95.5 cm³/mol. The van der Waals surface area contributed by atoms with Crippen LogP contribution in [-0.2, 0) is 6.54 Å². The van der Waals surface area contributed by atoms with E-state index in [1.165, 1.54) is 0 Å². The molecule has 2 heterocycles. The van der Waals surface area contributed by atoms with Gasteiger partial charge < -0.3 is 9.15 Å². The van der Waals surface area contributed by atoms with Crippen LogP contribution in [0, 0.1) is 6.92 Å². The highest BCUT2D eigenvalue weighted by atomic mass is 16.5. The summed E-state index contributed by atoms with van der Waals surface area (Å²) in [6.07, 6.45) is 1.09. The van der Waals surface area contributed by atoms with Crippen LogP contribution in [0.15, 0.2) is 39.5 Å². The minimum Gasteiger partial charge on any atom is -0.477 e. The van der Waals surface area contributed by atoms with Gasteiger partial charge in [-0.2, -0.15) is 0 Å². The summed E-state index contributed by atoms with van der Waals surface area (Å²) in [5, 5.41) is 2.55. The third kappa shape index (κ3) is 2.21. The van der Waals surface area contributed by atoms with E-state index in [0.29, 0.717) is 23.7 Å². The van der Waals surface area contributed by atoms with Gasteiger partial charge in [-0.05, 0) is 37.8 Å². The summed E-state index contributed by atoms with van der Waals surface area (Å²) in [5.41, 5.74) is 2.41. The van der Waals surface area contributed by atoms with Crippen LogP contribution in [0.2, 0.25) is 0 Å². The van der Waals surface area contributed by atoms with Crippen LogP contribution in [-0.4, -0.2) is 17.7 Å². The van der Waals surface area contributed by atoms with Gasteiger partial charge >= 0.3 is 5.63 Å². The van der Waals surface area contributed by atoms with Crippen LogP contribution in [0.4, 0.5) is 0 Å². The molecule has 1 aliphatic heterocycles. The van der Waals surface area contributed by atoms with Crippen LogP contribution in [0.3, 0.4) is 0 Å². The van der Waals surface area contributed by atoms with Crippen LogP contribution in [0.25, 0.3) is 21.7 Å². The van der Waals surface area contributed by atoms with Gasteiger partial charge in [0.15, 0.2) is 0 Å². The van der Waals surface area contributed by atoms with E-state index in [9.17, 15) is 4.79 Å². The maximum atomic E-state index is 12.3. The van der Waals surface area contributed by atoms with Crippen molar-refractivity contribution in [3.63, 3.8) is 0 Å². The molecule has 0 saturated carbocycles. The van der Waals surface area contributed by atoms with Crippen molar-refractivity contribution >= 4 is 21.7 Å². The Morgan fingerprint density at radius 3 is 2.71 bits per heavy atom. The van der Waals surface area contributed by atoms with E-state index >= 15 is 0 Å². The van der Waals surface area contributed by atoms with Crippen molar-refractivity contribution in [1.29, 1.82) is 0 Å². The molecule has 0 amide bonds. The summed E-state index contributed by atoms with van der Waals surface area (Å²) in [6.45, 7) is 7.81. The number of fused-ring (bicyclic) bond motifs is 4. The highest BCUT2D eigenvalue weighted by Gasteiger charge is 2.25. The van der Waals surface area contributed by atoms with Crippen LogP contribution in [0.1, 0.15) is 31.4 Å².